The van der Waals surface area contributed by atoms with Crippen molar-refractivity contribution in [2.24, 2.45) is 0 Å². The Balaban J connectivity index is 1.29. The van der Waals surface area contributed by atoms with Gasteiger partial charge in [0.2, 0.25) is 11.8 Å². The number of hydrogen-bond acceptors (Lipinski definition) is 4. The van der Waals surface area contributed by atoms with Crippen LogP contribution < -0.4 is 10.6 Å². The highest BCUT2D eigenvalue weighted by atomic mass is 16.2. The van der Waals surface area contributed by atoms with Crippen molar-refractivity contribution in [3.63, 3.8) is 0 Å². The first-order valence-electron chi connectivity index (χ1n) is 14.4. The third-order valence-electron chi connectivity index (χ3n) is 7.06. The molecule has 0 unspecified atom stereocenters. The van der Waals surface area contributed by atoms with E-state index in [2.05, 4.69) is 10.6 Å². The van der Waals surface area contributed by atoms with E-state index < -0.39 is 0 Å². The maximum Gasteiger partial charge on any atom is 0.228 e. The summed E-state index contributed by atoms with van der Waals surface area (Å²) < 4.78 is 0. The number of benzene rings is 5. The number of nitrogens with one attached hydrogen (secondary N) is 2. The molecule has 0 aliphatic rings. The topological polar surface area (TPSA) is 84.0 Å². The Bertz CT molecular complexity index is 1770. The van der Waals surface area contributed by atoms with Gasteiger partial charge in [-0.25, -0.2) is 9.97 Å². The van der Waals surface area contributed by atoms with Gasteiger partial charge in [-0.15, -0.1) is 0 Å². The van der Waals surface area contributed by atoms with Crippen LogP contribution in [0.3, 0.4) is 0 Å². The lowest BCUT2D eigenvalue weighted by atomic mass is 10.1. The lowest BCUT2D eigenvalue weighted by molar-refractivity contribution is -0.116. The highest BCUT2D eigenvalue weighted by Crippen LogP contribution is 2.29. The van der Waals surface area contributed by atoms with Gasteiger partial charge in [0, 0.05) is 28.1 Å². The second-order valence-electron chi connectivity index (χ2n) is 10.4. The maximum absolute atomic E-state index is 12.8. The van der Waals surface area contributed by atoms with Crippen LogP contribution in [0.15, 0.2) is 146 Å². The molecule has 6 rings (SSSR count). The molecule has 1 aromatic heterocycles. The van der Waals surface area contributed by atoms with Crippen LogP contribution in [0.2, 0.25) is 0 Å². The summed E-state index contributed by atoms with van der Waals surface area (Å²) in [4.78, 5) is 35.3. The zero-order valence-corrected chi connectivity index (χ0v) is 24.0. The highest BCUT2D eigenvalue weighted by molar-refractivity contribution is 5.93. The van der Waals surface area contributed by atoms with Crippen molar-refractivity contribution in [1.29, 1.82) is 0 Å². The minimum atomic E-state index is -0.0980. The fourth-order valence-electron chi connectivity index (χ4n) is 4.95. The average molecular weight is 575 g/mol. The number of aromatic nitrogens is 2. The summed E-state index contributed by atoms with van der Waals surface area (Å²) in [7, 11) is 0. The molecule has 0 saturated carbocycles. The minimum Gasteiger partial charge on any atom is -0.326 e. The molecule has 6 aromatic rings. The predicted molar refractivity (Wildman–Crippen MR) is 176 cm³/mol. The Morgan fingerprint density at radius 3 is 1.43 bits per heavy atom. The first kappa shape index (κ1) is 28.2. The second kappa shape index (κ2) is 13.4. The Morgan fingerprint density at radius 2 is 0.886 bits per heavy atom. The molecule has 1 heterocycles. The zero-order chi connectivity index (χ0) is 30.1. The van der Waals surface area contributed by atoms with Crippen molar-refractivity contribution in [2.45, 2.75) is 12.8 Å². The van der Waals surface area contributed by atoms with Gasteiger partial charge in [0.05, 0.1) is 24.2 Å². The summed E-state index contributed by atoms with van der Waals surface area (Å²) in [5.41, 5.74) is 7.31. The zero-order valence-electron chi connectivity index (χ0n) is 24.0. The van der Waals surface area contributed by atoms with Crippen LogP contribution in [0.25, 0.3) is 33.9 Å². The van der Waals surface area contributed by atoms with Crippen molar-refractivity contribution in [3.05, 3.63) is 157 Å². The average Bonchev–Trinajstić information content (AvgIpc) is 3.06. The van der Waals surface area contributed by atoms with Crippen molar-refractivity contribution < 1.29 is 9.59 Å². The Kier molecular flexibility index (Phi) is 8.60. The monoisotopic (exact) mass is 574 g/mol. The number of rotatable bonds is 9. The fraction of sp³-hybridized carbons (Fsp3) is 0.0526. The normalized spacial score (nSPS) is 10.6. The molecule has 0 saturated heterocycles. The third-order valence-corrected chi connectivity index (χ3v) is 7.06. The molecule has 0 fully saturated rings. The molecule has 0 radical (unpaired) electrons. The van der Waals surface area contributed by atoms with E-state index in [0.717, 1.165) is 33.5 Å². The molecule has 44 heavy (non-hydrogen) atoms. The summed E-state index contributed by atoms with van der Waals surface area (Å²) in [6.45, 7) is 0. The van der Waals surface area contributed by atoms with Gasteiger partial charge in [-0.3, -0.25) is 9.59 Å². The van der Waals surface area contributed by atoms with Crippen LogP contribution >= 0.6 is 0 Å². The molecular weight excluding hydrogens is 544 g/mol. The second-order valence-corrected chi connectivity index (χ2v) is 10.4. The van der Waals surface area contributed by atoms with Gasteiger partial charge in [0.15, 0.2) is 5.82 Å². The number of carbonyl (C=O) groups excluding carboxylic acids is 2. The number of hydrogen-bond donors (Lipinski definition) is 2. The van der Waals surface area contributed by atoms with Gasteiger partial charge in [-0.2, -0.15) is 0 Å². The van der Waals surface area contributed by atoms with Crippen LogP contribution in [0.5, 0.6) is 0 Å². The van der Waals surface area contributed by atoms with E-state index in [9.17, 15) is 9.59 Å². The first-order valence-corrected chi connectivity index (χ1v) is 14.4. The molecule has 2 N–H and O–H groups in total. The molecular formula is C38H30N4O2. The lowest BCUT2D eigenvalue weighted by Crippen LogP contribution is -2.14. The van der Waals surface area contributed by atoms with Gasteiger partial charge >= 0.3 is 0 Å². The van der Waals surface area contributed by atoms with Crippen molar-refractivity contribution in [3.8, 4) is 33.9 Å². The molecule has 0 spiro atoms. The Morgan fingerprint density at radius 1 is 0.455 bits per heavy atom. The van der Waals surface area contributed by atoms with Crippen LogP contribution in [-0.4, -0.2) is 21.8 Å². The number of anilines is 2. The van der Waals surface area contributed by atoms with Crippen LogP contribution in [-0.2, 0) is 22.4 Å². The number of amides is 2. The molecule has 6 heteroatoms. The summed E-state index contributed by atoms with van der Waals surface area (Å²) in [6.07, 6.45) is 0.576. The lowest BCUT2D eigenvalue weighted by Gasteiger charge is -2.12. The highest BCUT2D eigenvalue weighted by Gasteiger charge is 2.13. The van der Waals surface area contributed by atoms with Crippen molar-refractivity contribution in [1.82, 2.24) is 9.97 Å². The molecule has 0 aliphatic carbocycles. The van der Waals surface area contributed by atoms with E-state index >= 15 is 0 Å². The van der Waals surface area contributed by atoms with Gasteiger partial charge in [0.25, 0.3) is 0 Å². The summed E-state index contributed by atoms with van der Waals surface area (Å²) >= 11 is 0. The largest absolute Gasteiger partial charge is 0.326 e. The van der Waals surface area contributed by atoms with Gasteiger partial charge in [0.1, 0.15) is 0 Å². The third kappa shape index (κ3) is 7.30. The molecule has 0 aliphatic heterocycles. The smallest absolute Gasteiger partial charge is 0.228 e. The molecule has 0 atom stereocenters. The van der Waals surface area contributed by atoms with E-state index in [1.165, 1.54) is 0 Å². The van der Waals surface area contributed by atoms with Gasteiger partial charge in [-0.1, -0.05) is 115 Å². The van der Waals surface area contributed by atoms with E-state index in [-0.39, 0.29) is 18.2 Å². The van der Waals surface area contributed by atoms with E-state index in [1.54, 1.807) is 0 Å². The summed E-state index contributed by atoms with van der Waals surface area (Å²) in [5.74, 6) is 0.339. The standard InChI is InChI=1S/C38H30N4O2/c43-36(22-27-12-4-1-5-13-27)39-32-20-10-18-30(24-32)35-26-34(29-16-8-3-9-17-29)41-38(42-35)31-19-11-21-33(25-31)40-37(44)23-28-14-6-2-7-15-28/h1-21,24-26H,22-23H2,(H,39,43)(H,40,44). The summed E-state index contributed by atoms with van der Waals surface area (Å²) in [5, 5.41) is 6.01. The van der Waals surface area contributed by atoms with Crippen LogP contribution in [0.1, 0.15) is 11.1 Å². The van der Waals surface area contributed by atoms with Crippen molar-refractivity contribution >= 4 is 23.2 Å². The minimum absolute atomic E-state index is 0.0900. The Labute approximate surface area is 256 Å². The number of nitrogens with zero attached hydrogens (tertiary/aromatic N) is 2. The summed E-state index contributed by atoms with van der Waals surface area (Å²) in [6, 6.07) is 46.4. The molecule has 2 amide bonds. The molecule has 5 aromatic carbocycles. The van der Waals surface area contributed by atoms with Gasteiger partial charge in [-0.05, 0) is 41.5 Å². The maximum atomic E-state index is 12.8. The quantitative estimate of drug-likeness (QED) is 0.184. The SMILES string of the molecule is O=C(Cc1ccccc1)Nc1cccc(-c2cc(-c3ccccc3)nc(-c3cccc(NC(=O)Cc4ccccc4)c3)n2)c1. The predicted octanol–water partition coefficient (Wildman–Crippen LogP) is 7.84. The fourth-order valence-corrected chi connectivity index (χ4v) is 4.95. The first-order chi connectivity index (χ1) is 21.6. The van der Waals surface area contributed by atoms with E-state index in [4.69, 9.17) is 9.97 Å². The van der Waals surface area contributed by atoms with E-state index in [1.807, 2.05) is 146 Å². The number of carbonyl (C=O) groups is 2. The Hall–Kier alpha value is -5.88. The van der Waals surface area contributed by atoms with E-state index in [0.29, 0.717) is 29.3 Å². The van der Waals surface area contributed by atoms with Crippen molar-refractivity contribution in [2.75, 3.05) is 10.6 Å². The van der Waals surface area contributed by atoms with Crippen LogP contribution in [0.4, 0.5) is 11.4 Å². The van der Waals surface area contributed by atoms with Gasteiger partial charge < -0.3 is 10.6 Å². The molecule has 214 valence electrons. The van der Waals surface area contributed by atoms with Crippen LogP contribution in [0, 0.1) is 0 Å². The molecule has 0 bridgehead atoms. The molecule has 6 nitrogen and oxygen atoms in total.